The minimum atomic E-state index is -0.117. The second-order valence-electron chi connectivity index (χ2n) is 16.8. The molecule has 0 saturated carbocycles. The molecule has 1 heterocycles. The van der Waals surface area contributed by atoms with Crippen LogP contribution in [-0.4, -0.2) is 0 Å². The van der Waals surface area contributed by atoms with E-state index in [1.165, 1.54) is 71.6 Å². The molecule has 0 unspecified atom stereocenters. The molecular weight excluding hydrogens is 739 g/mol. The van der Waals surface area contributed by atoms with E-state index in [2.05, 4.69) is 231 Å². The second-order valence-corrected chi connectivity index (χ2v) is 16.8. The quantitative estimate of drug-likeness (QED) is 0.156. The van der Waals surface area contributed by atoms with Gasteiger partial charge in [0, 0.05) is 38.8 Å². The molecule has 12 rings (SSSR count). The Bertz CT molecular complexity index is 3480. The Kier molecular flexibility index (Phi) is 7.92. The van der Waals surface area contributed by atoms with Gasteiger partial charge in [-0.1, -0.05) is 172 Å². The first kappa shape index (κ1) is 35.3. The molecule has 2 heteroatoms. The van der Waals surface area contributed by atoms with Crippen molar-refractivity contribution in [3.05, 3.63) is 223 Å². The number of para-hydroxylation sites is 1. The second kappa shape index (κ2) is 13.7. The molecule has 1 aliphatic rings. The van der Waals surface area contributed by atoms with Crippen molar-refractivity contribution in [2.45, 2.75) is 19.3 Å². The molecule has 0 N–H and O–H groups in total. The highest BCUT2D eigenvalue weighted by Crippen LogP contribution is 2.51. The third-order valence-corrected chi connectivity index (χ3v) is 13.1. The SMILES string of the molecule is CC1(C)c2ccccc2-c2ccc(N(c3ccc(-c4ccccc4)cc3)c3ccc(-c4ccc5oc6ccccc6c5c4-c4cc5ccccc5c5ccccc45)cc3)cc21. The minimum Gasteiger partial charge on any atom is -0.456 e. The number of benzene rings is 10. The van der Waals surface area contributed by atoms with Gasteiger partial charge >= 0.3 is 0 Å². The van der Waals surface area contributed by atoms with Gasteiger partial charge in [0.25, 0.3) is 0 Å². The number of hydrogen-bond acceptors (Lipinski definition) is 2. The van der Waals surface area contributed by atoms with Crippen LogP contribution in [-0.2, 0) is 5.41 Å². The van der Waals surface area contributed by atoms with Crippen LogP contribution in [0.4, 0.5) is 17.1 Å². The zero-order valence-electron chi connectivity index (χ0n) is 34.1. The highest BCUT2D eigenvalue weighted by atomic mass is 16.3. The Morgan fingerprint density at radius 2 is 0.934 bits per heavy atom. The molecule has 288 valence electrons. The zero-order valence-corrected chi connectivity index (χ0v) is 34.1. The third-order valence-electron chi connectivity index (χ3n) is 13.1. The maximum absolute atomic E-state index is 6.55. The number of hydrogen-bond donors (Lipinski definition) is 0. The number of fused-ring (bicyclic) bond motifs is 9. The lowest BCUT2D eigenvalue weighted by Crippen LogP contribution is -2.16. The first-order chi connectivity index (χ1) is 30.0. The van der Waals surface area contributed by atoms with Crippen molar-refractivity contribution in [2.24, 2.45) is 0 Å². The lowest BCUT2D eigenvalue weighted by molar-refractivity contribution is 0.660. The molecule has 0 amide bonds. The van der Waals surface area contributed by atoms with Crippen molar-refractivity contribution in [1.82, 2.24) is 0 Å². The summed E-state index contributed by atoms with van der Waals surface area (Å²) in [6.45, 7) is 4.71. The first-order valence-electron chi connectivity index (χ1n) is 21.2. The summed E-state index contributed by atoms with van der Waals surface area (Å²) in [5.41, 5.74) is 17.5. The molecule has 61 heavy (non-hydrogen) atoms. The van der Waals surface area contributed by atoms with Gasteiger partial charge in [-0.2, -0.15) is 0 Å². The normalized spacial score (nSPS) is 12.9. The van der Waals surface area contributed by atoms with E-state index in [0.717, 1.165) is 44.6 Å². The van der Waals surface area contributed by atoms with E-state index >= 15 is 0 Å². The zero-order chi connectivity index (χ0) is 40.7. The van der Waals surface area contributed by atoms with Crippen molar-refractivity contribution in [1.29, 1.82) is 0 Å². The van der Waals surface area contributed by atoms with Gasteiger partial charge in [-0.05, 0) is 126 Å². The van der Waals surface area contributed by atoms with Gasteiger partial charge in [0.15, 0.2) is 0 Å². The van der Waals surface area contributed by atoms with Crippen molar-refractivity contribution in [3.63, 3.8) is 0 Å². The molecule has 0 aliphatic heterocycles. The largest absolute Gasteiger partial charge is 0.456 e. The number of rotatable bonds is 6. The summed E-state index contributed by atoms with van der Waals surface area (Å²) in [5, 5.41) is 7.21. The number of nitrogens with zero attached hydrogens (tertiary/aromatic N) is 1. The van der Waals surface area contributed by atoms with E-state index in [0.29, 0.717) is 0 Å². The molecule has 1 aromatic heterocycles. The average molecular weight is 780 g/mol. The monoisotopic (exact) mass is 779 g/mol. The lowest BCUT2D eigenvalue weighted by atomic mass is 9.82. The van der Waals surface area contributed by atoms with Crippen LogP contribution in [0.2, 0.25) is 0 Å². The Balaban J connectivity index is 1.04. The van der Waals surface area contributed by atoms with Crippen LogP contribution < -0.4 is 4.90 Å². The van der Waals surface area contributed by atoms with Crippen LogP contribution >= 0.6 is 0 Å². The summed E-state index contributed by atoms with van der Waals surface area (Å²) in [5.74, 6) is 0. The summed E-state index contributed by atoms with van der Waals surface area (Å²) in [7, 11) is 0. The number of anilines is 3. The maximum Gasteiger partial charge on any atom is 0.136 e. The van der Waals surface area contributed by atoms with E-state index in [-0.39, 0.29) is 5.41 Å². The predicted octanol–water partition coefficient (Wildman–Crippen LogP) is 16.7. The van der Waals surface area contributed by atoms with Gasteiger partial charge < -0.3 is 9.32 Å². The van der Waals surface area contributed by atoms with Crippen LogP contribution in [0.3, 0.4) is 0 Å². The van der Waals surface area contributed by atoms with Crippen LogP contribution in [0.5, 0.6) is 0 Å². The van der Waals surface area contributed by atoms with Gasteiger partial charge in [0.1, 0.15) is 11.2 Å². The van der Waals surface area contributed by atoms with E-state index in [1.54, 1.807) is 0 Å². The van der Waals surface area contributed by atoms with Crippen molar-refractivity contribution >= 4 is 60.5 Å². The van der Waals surface area contributed by atoms with Crippen LogP contribution in [0.15, 0.2) is 217 Å². The molecule has 0 radical (unpaired) electrons. The lowest BCUT2D eigenvalue weighted by Gasteiger charge is -2.28. The molecule has 10 aromatic carbocycles. The summed E-state index contributed by atoms with van der Waals surface area (Å²) in [4.78, 5) is 2.41. The van der Waals surface area contributed by atoms with Crippen molar-refractivity contribution < 1.29 is 4.42 Å². The fraction of sp³-hybridized carbons (Fsp3) is 0.0508. The number of furan rings is 1. The van der Waals surface area contributed by atoms with Crippen LogP contribution in [0, 0.1) is 0 Å². The summed E-state index contributed by atoms with van der Waals surface area (Å²) in [6.07, 6.45) is 0. The molecule has 1 aliphatic carbocycles. The smallest absolute Gasteiger partial charge is 0.136 e. The summed E-state index contributed by atoms with van der Waals surface area (Å²) < 4.78 is 6.55. The van der Waals surface area contributed by atoms with E-state index < -0.39 is 0 Å². The summed E-state index contributed by atoms with van der Waals surface area (Å²) in [6, 6.07) is 77.4. The Hall–Kier alpha value is -7.68. The van der Waals surface area contributed by atoms with Gasteiger partial charge in [-0.25, -0.2) is 0 Å². The molecule has 0 fully saturated rings. The Labute approximate surface area is 355 Å². The standard InChI is InChI=1S/C59H41NO/c1-59(2)53-22-12-10-20-49(53)50-33-32-44(37-54(50)59)60(42-28-24-39(25-29-42)38-14-4-3-5-15-38)43-30-26-40(27-31-43)46-34-35-56-58(51-21-11-13-23-55(51)61-56)57(46)52-36-41-16-6-7-17-45(41)47-18-8-9-19-48(47)52/h3-37H,1-2H3. The van der Waals surface area contributed by atoms with Gasteiger partial charge in [0.05, 0.1) is 0 Å². The highest BCUT2D eigenvalue weighted by Gasteiger charge is 2.35. The average Bonchev–Trinajstić information content (AvgIpc) is 3.81. The maximum atomic E-state index is 6.55. The summed E-state index contributed by atoms with van der Waals surface area (Å²) >= 11 is 0. The van der Waals surface area contributed by atoms with Gasteiger partial charge in [-0.15, -0.1) is 0 Å². The third kappa shape index (κ3) is 5.56. The van der Waals surface area contributed by atoms with E-state index in [1.807, 2.05) is 0 Å². The molecule has 0 atom stereocenters. The fourth-order valence-corrected chi connectivity index (χ4v) is 10.1. The molecule has 0 saturated heterocycles. The fourth-order valence-electron chi connectivity index (χ4n) is 10.1. The first-order valence-corrected chi connectivity index (χ1v) is 21.2. The van der Waals surface area contributed by atoms with Gasteiger partial charge in [-0.3, -0.25) is 0 Å². The van der Waals surface area contributed by atoms with E-state index in [9.17, 15) is 0 Å². The predicted molar refractivity (Wildman–Crippen MR) is 257 cm³/mol. The molecule has 2 nitrogen and oxygen atoms in total. The van der Waals surface area contributed by atoms with Gasteiger partial charge in [0.2, 0.25) is 0 Å². The van der Waals surface area contributed by atoms with E-state index in [4.69, 9.17) is 4.42 Å². The molecule has 11 aromatic rings. The van der Waals surface area contributed by atoms with Crippen molar-refractivity contribution in [2.75, 3.05) is 4.90 Å². The van der Waals surface area contributed by atoms with Crippen molar-refractivity contribution in [3.8, 4) is 44.5 Å². The Morgan fingerprint density at radius 1 is 0.361 bits per heavy atom. The highest BCUT2D eigenvalue weighted by molar-refractivity contribution is 6.22. The van der Waals surface area contributed by atoms with Crippen LogP contribution in [0.25, 0.3) is 88.0 Å². The molecule has 0 spiro atoms. The van der Waals surface area contributed by atoms with Crippen LogP contribution in [0.1, 0.15) is 25.0 Å². The topological polar surface area (TPSA) is 16.4 Å². The minimum absolute atomic E-state index is 0.117. The molecular formula is C59H41NO. The molecule has 0 bridgehead atoms. The Morgan fingerprint density at radius 3 is 1.72 bits per heavy atom.